The predicted octanol–water partition coefficient (Wildman–Crippen LogP) is 5.98. The summed E-state index contributed by atoms with van der Waals surface area (Å²) in [7, 11) is 0. The molecule has 0 aliphatic rings. The average molecular weight is 396 g/mol. The molecule has 3 rings (SSSR count). The van der Waals surface area contributed by atoms with Gasteiger partial charge in [0.05, 0.1) is 5.69 Å². The number of hydrogen-bond donors (Lipinski definition) is 2. The molecule has 2 N–H and O–H groups in total. The molecule has 0 atom stereocenters. The fraction of sp³-hybridized carbons (Fsp3) is 0.304. The predicted molar refractivity (Wildman–Crippen MR) is 113 cm³/mol. The van der Waals surface area contributed by atoms with E-state index in [9.17, 15) is 14.0 Å². The zero-order valence-corrected chi connectivity index (χ0v) is 16.6. The van der Waals surface area contributed by atoms with E-state index in [4.69, 9.17) is 4.42 Å². The third kappa shape index (κ3) is 4.65. The van der Waals surface area contributed by atoms with Gasteiger partial charge < -0.3 is 15.1 Å². The van der Waals surface area contributed by atoms with Crippen LogP contribution in [-0.4, -0.2) is 11.8 Å². The van der Waals surface area contributed by atoms with Gasteiger partial charge in [-0.1, -0.05) is 51.0 Å². The topological polar surface area (TPSA) is 71.3 Å². The van der Waals surface area contributed by atoms with Crippen molar-refractivity contribution in [2.45, 2.75) is 39.5 Å². The Morgan fingerprint density at radius 2 is 1.62 bits per heavy atom. The molecule has 0 radical (unpaired) electrons. The number of rotatable bonds is 8. The van der Waals surface area contributed by atoms with Crippen molar-refractivity contribution in [3.63, 3.8) is 0 Å². The van der Waals surface area contributed by atoms with E-state index in [0.29, 0.717) is 16.7 Å². The van der Waals surface area contributed by atoms with Crippen LogP contribution in [-0.2, 0) is 4.79 Å². The van der Waals surface area contributed by atoms with Gasteiger partial charge in [0, 0.05) is 11.3 Å². The maximum atomic E-state index is 13.9. The van der Waals surface area contributed by atoms with Crippen molar-refractivity contribution in [2.75, 3.05) is 10.6 Å². The maximum Gasteiger partial charge on any atom is 0.293 e. The lowest BCUT2D eigenvalue weighted by molar-refractivity contribution is -0.120. The van der Waals surface area contributed by atoms with Gasteiger partial charge in [-0.2, -0.15) is 0 Å². The summed E-state index contributed by atoms with van der Waals surface area (Å²) in [5, 5.41) is 6.05. The van der Waals surface area contributed by atoms with E-state index in [-0.39, 0.29) is 23.3 Å². The van der Waals surface area contributed by atoms with Gasteiger partial charge in [-0.05, 0) is 37.1 Å². The Labute approximate surface area is 169 Å². The maximum absolute atomic E-state index is 13.9. The Hall–Kier alpha value is -3.15. The third-order valence-electron chi connectivity index (χ3n) is 4.82. The van der Waals surface area contributed by atoms with Crippen molar-refractivity contribution < 1.29 is 18.4 Å². The number of carbonyl (C=O) groups excluding carboxylic acids is 2. The van der Waals surface area contributed by atoms with E-state index in [1.54, 1.807) is 30.3 Å². The molecular formula is C23H25FN2O3. The van der Waals surface area contributed by atoms with E-state index in [1.165, 1.54) is 12.1 Å². The molecular weight excluding hydrogens is 371 g/mol. The smallest absolute Gasteiger partial charge is 0.293 e. The summed E-state index contributed by atoms with van der Waals surface area (Å²) in [4.78, 5) is 25.7. The molecule has 0 aliphatic carbocycles. The molecule has 2 aromatic carbocycles. The zero-order chi connectivity index (χ0) is 20.8. The minimum Gasteiger partial charge on any atom is -0.449 e. The summed E-state index contributed by atoms with van der Waals surface area (Å²) >= 11 is 0. The molecule has 29 heavy (non-hydrogen) atoms. The van der Waals surface area contributed by atoms with E-state index in [0.717, 1.165) is 25.7 Å². The minimum atomic E-state index is -0.621. The highest BCUT2D eigenvalue weighted by atomic mass is 19.1. The summed E-state index contributed by atoms with van der Waals surface area (Å²) in [6.45, 7) is 4.08. The van der Waals surface area contributed by atoms with Crippen LogP contribution in [0.2, 0.25) is 0 Å². The fourth-order valence-electron chi connectivity index (χ4n) is 3.40. The van der Waals surface area contributed by atoms with E-state index < -0.39 is 11.7 Å². The summed E-state index contributed by atoms with van der Waals surface area (Å²) in [6.07, 6.45) is 3.33. The Kier molecular flexibility index (Phi) is 6.65. The van der Waals surface area contributed by atoms with Crippen molar-refractivity contribution >= 4 is 34.2 Å². The van der Waals surface area contributed by atoms with Crippen LogP contribution in [0.3, 0.4) is 0 Å². The molecule has 2 amide bonds. The first-order chi connectivity index (χ1) is 14.0. The van der Waals surface area contributed by atoms with Gasteiger partial charge in [0.15, 0.2) is 0 Å². The van der Waals surface area contributed by atoms with Crippen molar-refractivity contribution in [3.8, 4) is 0 Å². The van der Waals surface area contributed by atoms with Crippen LogP contribution in [0.1, 0.15) is 50.1 Å². The molecule has 0 unspecified atom stereocenters. The minimum absolute atomic E-state index is 0.0464. The molecule has 0 saturated heterocycles. The average Bonchev–Trinajstić information content (AvgIpc) is 3.08. The van der Waals surface area contributed by atoms with Gasteiger partial charge in [-0.25, -0.2) is 4.39 Å². The van der Waals surface area contributed by atoms with Gasteiger partial charge in [0.1, 0.15) is 17.1 Å². The Balaban J connectivity index is 1.94. The number of nitrogens with one attached hydrogen (secondary N) is 2. The number of fused-ring (bicyclic) bond motifs is 1. The second kappa shape index (κ2) is 9.37. The lowest BCUT2D eigenvalue weighted by Crippen LogP contribution is -2.24. The first kappa shape index (κ1) is 20.6. The van der Waals surface area contributed by atoms with Crippen LogP contribution in [0.4, 0.5) is 15.8 Å². The van der Waals surface area contributed by atoms with Gasteiger partial charge >= 0.3 is 0 Å². The quantitative estimate of drug-likeness (QED) is 0.492. The largest absolute Gasteiger partial charge is 0.449 e. The highest BCUT2D eigenvalue weighted by Gasteiger charge is 2.25. The van der Waals surface area contributed by atoms with Crippen LogP contribution in [0.25, 0.3) is 11.0 Å². The van der Waals surface area contributed by atoms with Crippen molar-refractivity contribution in [1.82, 2.24) is 0 Å². The van der Waals surface area contributed by atoms with Gasteiger partial charge in [-0.3, -0.25) is 9.59 Å². The number of furan rings is 1. The van der Waals surface area contributed by atoms with E-state index in [2.05, 4.69) is 10.6 Å². The van der Waals surface area contributed by atoms with Gasteiger partial charge in [0.2, 0.25) is 11.7 Å². The number of carbonyl (C=O) groups is 2. The summed E-state index contributed by atoms with van der Waals surface area (Å²) in [6, 6.07) is 13.0. The number of amides is 2. The molecule has 0 fully saturated rings. The number of benzene rings is 2. The van der Waals surface area contributed by atoms with Crippen molar-refractivity contribution in [3.05, 3.63) is 60.1 Å². The van der Waals surface area contributed by atoms with Crippen LogP contribution < -0.4 is 10.6 Å². The molecule has 0 aliphatic heterocycles. The molecule has 0 saturated carbocycles. The standard InChI is InChI=1S/C23H25FN2O3/c1-3-9-15(10-4-2)22(27)26-20-16-11-5-8-14-19(16)29-21(20)23(28)25-18-13-7-6-12-17(18)24/h5-8,11-15H,3-4,9-10H2,1-2H3,(H,25,28)(H,26,27). The zero-order valence-electron chi connectivity index (χ0n) is 16.6. The number of hydrogen-bond acceptors (Lipinski definition) is 3. The normalized spacial score (nSPS) is 11.0. The van der Waals surface area contributed by atoms with E-state index in [1.807, 2.05) is 19.9 Å². The van der Waals surface area contributed by atoms with Crippen LogP contribution >= 0.6 is 0 Å². The van der Waals surface area contributed by atoms with Gasteiger partial charge in [-0.15, -0.1) is 0 Å². The molecule has 5 nitrogen and oxygen atoms in total. The molecule has 0 spiro atoms. The molecule has 6 heteroatoms. The summed E-state index contributed by atoms with van der Waals surface area (Å²) in [5.41, 5.74) is 0.839. The first-order valence-electron chi connectivity index (χ1n) is 9.93. The monoisotopic (exact) mass is 396 g/mol. The molecule has 3 aromatic rings. The van der Waals surface area contributed by atoms with Crippen molar-refractivity contribution in [2.24, 2.45) is 5.92 Å². The summed E-state index contributed by atoms with van der Waals surface area (Å²) in [5.74, 6) is -1.49. The second-order valence-electron chi connectivity index (χ2n) is 7.00. The highest BCUT2D eigenvalue weighted by Crippen LogP contribution is 2.32. The van der Waals surface area contributed by atoms with Crippen LogP contribution in [0, 0.1) is 11.7 Å². The lowest BCUT2D eigenvalue weighted by Gasteiger charge is -2.15. The lowest BCUT2D eigenvalue weighted by atomic mass is 9.97. The first-order valence-corrected chi connectivity index (χ1v) is 9.93. The van der Waals surface area contributed by atoms with Crippen molar-refractivity contribution in [1.29, 1.82) is 0 Å². The molecule has 0 bridgehead atoms. The van der Waals surface area contributed by atoms with Crippen LogP contribution in [0.15, 0.2) is 52.9 Å². The third-order valence-corrected chi connectivity index (χ3v) is 4.82. The number of halogens is 1. The molecule has 1 heterocycles. The Morgan fingerprint density at radius 3 is 2.31 bits per heavy atom. The second-order valence-corrected chi connectivity index (χ2v) is 7.00. The SMILES string of the molecule is CCCC(CCC)C(=O)Nc1c(C(=O)Nc2ccccc2F)oc2ccccc12. The summed E-state index contributed by atoms with van der Waals surface area (Å²) < 4.78 is 19.7. The number of anilines is 2. The van der Waals surface area contributed by atoms with Crippen LogP contribution in [0.5, 0.6) is 0 Å². The van der Waals surface area contributed by atoms with Gasteiger partial charge in [0.25, 0.3) is 5.91 Å². The van der Waals surface area contributed by atoms with E-state index >= 15 is 0 Å². The number of para-hydroxylation sites is 2. The molecule has 1 aromatic heterocycles. The Morgan fingerprint density at radius 1 is 0.966 bits per heavy atom. The Bertz CT molecular complexity index is 1010. The fourth-order valence-corrected chi connectivity index (χ4v) is 3.40. The highest BCUT2D eigenvalue weighted by molar-refractivity contribution is 6.14. The molecule has 152 valence electrons.